The van der Waals surface area contributed by atoms with E-state index in [1.807, 2.05) is 4.90 Å². The molecule has 2 heterocycles. The number of nitrogens with zero attached hydrogens (tertiary/aromatic N) is 3. The minimum absolute atomic E-state index is 0.133. The molecule has 2 aliphatic rings. The molecule has 0 N–H and O–H groups in total. The van der Waals surface area contributed by atoms with E-state index in [1.165, 1.54) is 0 Å². The van der Waals surface area contributed by atoms with Crippen molar-refractivity contribution in [2.75, 3.05) is 39.3 Å². The molecule has 2 fully saturated rings. The molecular formula is C11H17N3O2. The second-order valence-corrected chi connectivity index (χ2v) is 4.26. The fraction of sp³-hybridized carbons (Fsp3) is 0.818. The summed E-state index contributed by atoms with van der Waals surface area (Å²) in [6, 6.07) is 2.13. The predicted octanol–water partition coefficient (Wildman–Crippen LogP) is -0.167. The SMILES string of the molecule is N#CCN1CCN(C(=O)[C@@H]2CCCO2)CC1. The first kappa shape index (κ1) is 11.4. The van der Waals surface area contributed by atoms with Crippen LogP contribution in [-0.4, -0.2) is 61.1 Å². The molecular weight excluding hydrogens is 206 g/mol. The lowest BCUT2D eigenvalue weighted by Crippen LogP contribution is -2.51. The standard InChI is InChI=1S/C11H17N3O2/c12-3-4-13-5-7-14(8-6-13)11(15)10-2-1-9-16-10/h10H,1-2,4-9H2/t10-/m0/s1. The molecule has 0 aromatic carbocycles. The maximum Gasteiger partial charge on any atom is 0.251 e. The lowest BCUT2D eigenvalue weighted by molar-refractivity contribution is -0.142. The van der Waals surface area contributed by atoms with Crippen LogP contribution in [0.3, 0.4) is 0 Å². The van der Waals surface area contributed by atoms with Gasteiger partial charge >= 0.3 is 0 Å². The van der Waals surface area contributed by atoms with Gasteiger partial charge in [0.15, 0.2) is 0 Å². The Balaban J connectivity index is 1.80. The van der Waals surface area contributed by atoms with E-state index >= 15 is 0 Å². The van der Waals surface area contributed by atoms with Crippen molar-refractivity contribution < 1.29 is 9.53 Å². The van der Waals surface area contributed by atoms with Gasteiger partial charge in [-0.2, -0.15) is 5.26 Å². The first-order valence-corrected chi connectivity index (χ1v) is 5.81. The van der Waals surface area contributed by atoms with E-state index in [0.29, 0.717) is 13.2 Å². The summed E-state index contributed by atoms with van der Waals surface area (Å²) in [6.07, 6.45) is 1.64. The molecule has 2 aliphatic heterocycles. The van der Waals surface area contributed by atoms with Gasteiger partial charge in [0.1, 0.15) is 6.10 Å². The van der Waals surface area contributed by atoms with Crippen LogP contribution in [0.25, 0.3) is 0 Å². The molecule has 0 aromatic heterocycles. The third-order valence-electron chi connectivity index (χ3n) is 3.18. The molecule has 0 aliphatic carbocycles. The van der Waals surface area contributed by atoms with Gasteiger partial charge in [-0.25, -0.2) is 0 Å². The van der Waals surface area contributed by atoms with Gasteiger partial charge in [-0.1, -0.05) is 0 Å². The molecule has 1 amide bonds. The molecule has 5 nitrogen and oxygen atoms in total. The number of nitriles is 1. The van der Waals surface area contributed by atoms with Crippen molar-refractivity contribution >= 4 is 5.91 Å². The van der Waals surface area contributed by atoms with Crippen LogP contribution in [0, 0.1) is 11.3 Å². The molecule has 0 unspecified atom stereocenters. The first-order valence-electron chi connectivity index (χ1n) is 5.81. The third-order valence-corrected chi connectivity index (χ3v) is 3.18. The van der Waals surface area contributed by atoms with Gasteiger partial charge in [-0.05, 0) is 12.8 Å². The molecule has 2 saturated heterocycles. The zero-order chi connectivity index (χ0) is 11.4. The zero-order valence-corrected chi connectivity index (χ0v) is 9.39. The van der Waals surface area contributed by atoms with E-state index in [0.717, 1.165) is 39.0 Å². The van der Waals surface area contributed by atoms with Crippen molar-refractivity contribution in [1.29, 1.82) is 5.26 Å². The fourth-order valence-electron chi connectivity index (χ4n) is 2.20. The molecule has 0 saturated carbocycles. The van der Waals surface area contributed by atoms with Gasteiger partial charge in [0.2, 0.25) is 0 Å². The monoisotopic (exact) mass is 223 g/mol. The Bertz CT molecular complexity index is 286. The highest BCUT2D eigenvalue weighted by atomic mass is 16.5. The minimum Gasteiger partial charge on any atom is -0.368 e. The Morgan fingerprint density at radius 3 is 2.69 bits per heavy atom. The largest absolute Gasteiger partial charge is 0.368 e. The molecule has 0 aromatic rings. The van der Waals surface area contributed by atoms with Crippen molar-refractivity contribution in [1.82, 2.24) is 9.80 Å². The summed E-state index contributed by atoms with van der Waals surface area (Å²) in [5.41, 5.74) is 0. The average molecular weight is 223 g/mol. The highest BCUT2D eigenvalue weighted by molar-refractivity contribution is 5.81. The van der Waals surface area contributed by atoms with Gasteiger partial charge in [0, 0.05) is 32.8 Å². The summed E-state index contributed by atoms with van der Waals surface area (Å²) in [6.45, 7) is 4.21. The zero-order valence-electron chi connectivity index (χ0n) is 9.39. The summed E-state index contributed by atoms with van der Waals surface area (Å²) < 4.78 is 5.39. The lowest BCUT2D eigenvalue weighted by atomic mass is 10.2. The minimum atomic E-state index is -0.206. The van der Waals surface area contributed by atoms with Crippen LogP contribution in [-0.2, 0) is 9.53 Å². The summed E-state index contributed by atoms with van der Waals surface area (Å²) >= 11 is 0. The van der Waals surface area contributed by atoms with Crippen molar-refractivity contribution in [3.05, 3.63) is 0 Å². The molecule has 0 bridgehead atoms. The van der Waals surface area contributed by atoms with Crippen molar-refractivity contribution in [2.24, 2.45) is 0 Å². The van der Waals surface area contributed by atoms with E-state index < -0.39 is 0 Å². The number of carbonyl (C=O) groups is 1. The second-order valence-electron chi connectivity index (χ2n) is 4.26. The number of amides is 1. The highest BCUT2D eigenvalue weighted by Crippen LogP contribution is 2.15. The number of carbonyl (C=O) groups excluding carboxylic acids is 1. The number of rotatable bonds is 2. The van der Waals surface area contributed by atoms with Gasteiger partial charge in [0.25, 0.3) is 5.91 Å². The first-order chi connectivity index (χ1) is 7.81. The maximum absolute atomic E-state index is 12.0. The Morgan fingerprint density at radius 2 is 2.12 bits per heavy atom. The summed E-state index contributed by atoms with van der Waals surface area (Å²) in [7, 11) is 0. The Kier molecular flexibility index (Phi) is 3.75. The Labute approximate surface area is 95.6 Å². The number of hydrogen-bond donors (Lipinski definition) is 0. The highest BCUT2D eigenvalue weighted by Gasteiger charge is 2.30. The van der Waals surface area contributed by atoms with Crippen molar-refractivity contribution in [2.45, 2.75) is 18.9 Å². The molecule has 1 atom stereocenters. The Hall–Kier alpha value is -1.12. The topological polar surface area (TPSA) is 56.6 Å². The van der Waals surface area contributed by atoms with E-state index in [2.05, 4.69) is 11.0 Å². The van der Waals surface area contributed by atoms with Crippen LogP contribution in [0.15, 0.2) is 0 Å². The molecule has 2 rings (SSSR count). The number of piperazine rings is 1. The van der Waals surface area contributed by atoms with Gasteiger partial charge in [-0.3, -0.25) is 9.69 Å². The lowest BCUT2D eigenvalue weighted by Gasteiger charge is -2.34. The van der Waals surface area contributed by atoms with Crippen LogP contribution in [0.5, 0.6) is 0 Å². The predicted molar refractivity (Wildman–Crippen MR) is 57.6 cm³/mol. The fourth-order valence-corrected chi connectivity index (χ4v) is 2.20. The van der Waals surface area contributed by atoms with Crippen LogP contribution in [0.4, 0.5) is 0 Å². The van der Waals surface area contributed by atoms with Crippen molar-refractivity contribution in [3.63, 3.8) is 0 Å². The summed E-state index contributed by atoms with van der Waals surface area (Å²) in [5.74, 6) is 0.133. The van der Waals surface area contributed by atoms with Crippen LogP contribution < -0.4 is 0 Å². The average Bonchev–Trinajstić information content (AvgIpc) is 2.83. The van der Waals surface area contributed by atoms with E-state index in [1.54, 1.807) is 0 Å². The van der Waals surface area contributed by atoms with E-state index in [-0.39, 0.29) is 12.0 Å². The number of ether oxygens (including phenoxy) is 1. The van der Waals surface area contributed by atoms with Crippen LogP contribution >= 0.6 is 0 Å². The third kappa shape index (κ3) is 2.52. The summed E-state index contributed by atoms with van der Waals surface area (Å²) in [4.78, 5) is 15.9. The van der Waals surface area contributed by atoms with E-state index in [9.17, 15) is 4.79 Å². The maximum atomic E-state index is 12.0. The summed E-state index contributed by atoms with van der Waals surface area (Å²) in [5, 5.41) is 8.57. The molecule has 88 valence electrons. The van der Waals surface area contributed by atoms with Gasteiger partial charge in [0.05, 0.1) is 12.6 Å². The van der Waals surface area contributed by atoms with Crippen molar-refractivity contribution in [3.8, 4) is 6.07 Å². The Morgan fingerprint density at radius 1 is 1.38 bits per heavy atom. The molecule has 0 spiro atoms. The quantitative estimate of drug-likeness (QED) is 0.610. The number of hydrogen-bond acceptors (Lipinski definition) is 4. The molecule has 5 heteroatoms. The molecule has 16 heavy (non-hydrogen) atoms. The van der Waals surface area contributed by atoms with Gasteiger partial charge in [-0.15, -0.1) is 0 Å². The van der Waals surface area contributed by atoms with Crippen LogP contribution in [0.1, 0.15) is 12.8 Å². The second kappa shape index (κ2) is 5.28. The van der Waals surface area contributed by atoms with Gasteiger partial charge < -0.3 is 9.64 Å². The normalized spacial score (nSPS) is 26.7. The smallest absolute Gasteiger partial charge is 0.251 e. The van der Waals surface area contributed by atoms with E-state index in [4.69, 9.17) is 10.00 Å². The molecule has 0 radical (unpaired) electrons. The van der Waals surface area contributed by atoms with Crippen LogP contribution in [0.2, 0.25) is 0 Å².